The highest BCUT2D eigenvalue weighted by Crippen LogP contribution is 2.26. The predicted molar refractivity (Wildman–Crippen MR) is 103 cm³/mol. The van der Waals surface area contributed by atoms with Crippen LogP contribution >= 0.6 is 0 Å². The molecule has 0 unspecified atom stereocenters. The van der Waals surface area contributed by atoms with Gasteiger partial charge in [-0.3, -0.25) is 9.59 Å². The Hall–Kier alpha value is -3.42. The summed E-state index contributed by atoms with van der Waals surface area (Å²) < 4.78 is 10.2. The minimum atomic E-state index is -0.668. The highest BCUT2D eigenvalue weighted by Gasteiger charge is 2.26. The summed E-state index contributed by atoms with van der Waals surface area (Å²) in [6.45, 7) is 3.61. The number of H-pyrrole nitrogens is 1. The van der Waals surface area contributed by atoms with Gasteiger partial charge in [0.15, 0.2) is 0 Å². The first-order valence-corrected chi connectivity index (χ1v) is 8.85. The minimum Gasteiger partial charge on any atom is -0.466 e. The SMILES string of the molecule is CCOC(=O)Cc1c(C(=O)OCC)c(-c2ccccc2)[nH]c(=O)c1C/C=N/O. The second-order valence-corrected chi connectivity index (χ2v) is 5.73. The van der Waals surface area contributed by atoms with Gasteiger partial charge in [0.25, 0.3) is 5.56 Å². The Morgan fingerprint density at radius 2 is 1.79 bits per heavy atom. The lowest BCUT2D eigenvalue weighted by molar-refractivity contribution is -0.142. The fraction of sp³-hybridized carbons (Fsp3) is 0.300. The van der Waals surface area contributed by atoms with Crippen molar-refractivity contribution in [2.24, 2.45) is 5.16 Å². The van der Waals surface area contributed by atoms with Crippen LogP contribution in [0.1, 0.15) is 35.3 Å². The second-order valence-electron chi connectivity index (χ2n) is 5.73. The summed E-state index contributed by atoms with van der Waals surface area (Å²) in [5.41, 5.74) is 0.768. The number of nitrogens with one attached hydrogen (secondary N) is 1. The normalized spacial score (nSPS) is 10.8. The van der Waals surface area contributed by atoms with Gasteiger partial charge in [0.1, 0.15) is 0 Å². The third-order valence-electron chi connectivity index (χ3n) is 3.97. The van der Waals surface area contributed by atoms with Crippen molar-refractivity contribution in [1.29, 1.82) is 0 Å². The van der Waals surface area contributed by atoms with Crippen molar-refractivity contribution in [3.8, 4) is 11.3 Å². The number of carbonyl (C=O) groups is 2. The summed E-state index contributed by atoms with van der Waals surface area (Å²) in [5.74, 6) is -1.25. The van der Waals surface area contributed by atoms with Crippen LogP contribution in [0.25, 0.3) is 11.3 Å². The Morgan fingerprint density at radius 1 is 1.11 bits per heavy atom. The summed E-state index contributed by atoms with van der Waals surface area (Å²) in [5, 5.41) is 11.7. The van der Waals surface area contributed by atoms with Crippen LogP contribution in [0.3, 0.4) is 0 Å². The molecule has 28 heavy (non-hydrogen) atoms. The monoisotopic (exact) mass is 386 g/mol. The van der Waals surface area contributed by atoms with Crippen LogP contribution in [0.5, 0.6) is 0 Å². The number of esters is 2. The Balaban J connectivity index is 2.79. The Kier molecular flexibility index (Phi) is 7.50. The molecule has 148 valence electrons. The molecule has 0 atom stereocenters. The highest BCUT2D eigenvalue weighted by molar-refractivity contribution is 5.99. The zero-order valence-electron chi connectivity index (χ0n) is 15.7. The molecular weight excluding hydrogens is 364 g/mol. The lowest BCUT2D eigenvalue weighted by atomic mass is 9.93. The molecule has 0 saturated carbocycles. The number of aromatic amines is 1. The molecule has 0 bridgehead atoms. The lowest BCUT2D eigenvalue weighted by Crippen LogP contribution is -2.25. The van der Waals surface area contributed by atoms with E-state index in [-0.39, 0.29) is 48.4 Å². The molecule has 1 aromatic heterocycles. The van der Waals surface area contributed by atoms with Gasteiger partial charge in [-0.2, -0.15) is 0 Å². The molecule has 0 radical (unpaired) electrons. The maximum absolute atomic E-state index is 12.8. The van der Waals surface area contributed by atoms with E-state index in [1.807, 2.05) is 0 Å². The van der Waals surface area contributed by atoms with E-state index in [9.17, 15) is 14.4 Å². The van der Waals surface area contributed by atoms with E-state index in [2.05, 4.69) is 10.1 Å². The van der Waals surface area contributed by atoms with Crippen molar-refractivity contribution in [2.45, 2.75) is 26.7 Å². The topological polar surface area (TPSA) is 118 Å². The number of pyridine rings is 1. The fourth-order valence-corrected chi connectivity index (χ4v) is 2.84. The zero-order valence-corrected chi connectivity index (χ0v) is 15.7. The van der Waals surface area contributed by atoms with Gasteiger partial charge in [0.05, 0.1) is 30.9 Å². The molecule has 0 aliphatic carbocycles. The number of benzene rings is 1. The predicted octanol–water partition coefficient (Wildman–Crippen LogP) is 2.33. The highest BCUT2D eigenvalue weighted by atomic mass is 16.5. The molecule has 1 heterocycles. The number of aromatic nitrogens is 1. The number of carbonyl (C=O) groups excluding carboxylic acids is 2. The van der Waals surface area contributed by atoms with E-state index in [1.54, 1.807) is 44.2 Å². The number of hydrogen-bond donors (Lipinski definition) is 2. The lowest BCUT2D eigenvalue weighted by Gasteiger charge is -2.16. The van der Waals surface area contributed by atoms with Crippen LogP contribution in [0.2, 0.25) is 0 Å². The summed E-state index contributed by atoms with van der Waals surface area (Å²) in [6, 6.07) is 8.80. The van der Waals surface area contributed by atoms with Crippen molar-refractivity contribution in [3.63, 3.8) is 0 Å². The summed E-state index contributed by atoms with van der Waals surface area (Å²) >= 11 is 0. The second kappa shape index (κ2) is 10.1. The standard InChI is InChI=1S/C20H22N2O6/c1-3-27-16(23)12-15-14(10-11-21-26)19(24)22-18(13-8-6-5-7-9-13)17(15)20(25)28-4-2/h5-9,11,26H,3-4,10,12H2,1-2H3,(H,22,24)/b21-11+. The number of oxime groups is 1. The van der Waals surface area contributed by atoms with Crippen molar-refractivity contribution >= 4 is 18.2 Å². The first-order valence-electron chi connectivity index (χ1n) is 8.85. The van der Waals surface area contributed by atoms with E-state index in [4.69, 9.17) is 14.7 Å². The molecule has 8 heteroatoms. The summed E-state index contributed by atoms with van der Waals surface area (Å²) in [4.78, 5) is 40.3. The molecule has 0 saturated heterocycles. The van der Waals surface area contributed by atoms with Gasteiger partial charge in [-0.25, -0.2) is 4.79 Å². The maximum Gasteiger partial charge on any atom is 0.340 e. The van der Waals surface area contributed by atoms with E-state index < -0.39 is 17.5 Å². The minimum absolute atomic E-state index is 0.0674. The summed E-state index contributed by atoms with van der Waals surface area (Å²) in [7, 11) is 0. The van der Waals surface area contributed by atoms with Gasteiger partial charge in [-0.15, -0.1) is 5.16 Å². The molecule has 2 aromatic rings. The Labute approximate surface area is 161 Å². The van der Waals surface area contributed by atoms with Gasteiger partial charge >= 0.3 is 11.9 Å². The van der Waals surface area contributed by atoms with Crippen molar-refractivity contribution in [3.05, 3.63) is 57.4 Å². The van der Waals surface area contributed by atoms with Gasteiger partial charge in [0, 0.05) is 18.2 Å². The number of nitrogens with zero attached hydrogens (tertiary/aromatic N) is 1. The molecule has 0 aliphatic rings. The van der Waals surface area contributed by atoms with Crippen molar-refractivity contribution in [1.82, 2.24) is 4.98 Å². The van der Waals surface area contributed by atoms with E-state index in [1.165, 1.54) is 0 Å². The van der Waals surface area contributed by atoms with Crippen LogP contribution in [-0.2, 0) is 27.1 Å². The molecule has 0 aliphatic heterocycles. The quantitative estimate of drug-likeness (QED) is 0.311. The average molecular weight is 386 g/mol. The molecular formula is C20H22N2O6. The maximum atomic E-state index is 12.8. The average Bonchev–Trinajstić information content (AvgIpc) is 2.68. The number of hydrogen-bond acceptors (Lipinski definition) is 7. The smallest absolute Gasteiger partial charge is 0.340 e. The van der Waals surface area contributed by atoms with E-state index >= 15 is 0 Å². The van der Waals surface area contributed by atoms with E-state index in [0.29, 0.717) is 5.56 Å². The first kappa shape index (κ1) is 20.9. The van der Waals surface area contributed by atoms with Gasteiger partial charge in [-0.05, 0) is 25.0 Å². The Bertz CT molecular complexity index is 918. The van der Waals surface area contributed by atoms with Crippen LogP contribution in [-0.4, -0.2) is 41.6 Å². The van der Waals surface area contributed by atoms with Crippen molar-refractivity contribution in [2.75, 3.05) is 13.2 Å². The Morgan fingerprint density at radius 3 is 2.39 bits per heavy atom. The van der Waals surface area contributed by atoms with Crippen molar-refractivity contribution < 1.29 is 24.3 Å². The molecule has 0 fully saturated rings. The molecule has 0 spiro atoms. The van der Waals surface area contributed by atoms with Crippen LogP contribution < -0.4 is 5.56 Å². The van der Waals surface area contributed by atoms with Gasteiger partial charge in [-0.1, -0.05) is 30.3 Å². The van der Waals surface area contributed by atoms with E-state index in [0.717, 1.165) is 6.21 Å². The molecule has 2 N–H and O–H groups in total. The zero-order chi connectivity index (χ0) is 20.5. The third kappa shape index (κ3) is 4.85. The van der Waals surface area contributed by atoms with Gasteiger partial charge in [0.2, 0.25) is 0 Å². The van der Waals surface area contributed by atoms with Crippen LogP contribution in [0.4, 0.5) is 0 Å². The molecule has 8 nitrogen and oxygen atoms in total. The molecule has 0 amide bonds. The third-order valence-corrected chi connectivity index (χ3v) is 3.97. The van der Waals surface area contributed by atoms with Crippen LogP contribution in [0.15, 0.2) is 40.3 Å². The number of rotatable bonds is 8. The fourth-order valence-electron chi connectivity index (χ4n) is 2.84. The van der Waals surface area contributed by atoms with Crippen LogP contribution in [0, 0.1) is 0 Å². The van der Waals surface area contributed by atoms with Gasteiger partial charge < -0.3 is 19.7 Å². The largest absolute Gasteiger partial charge is 0.466 e. The molecule has 1 aromatic carbocycles. The number of ether oxygens (including phenoxy) is 2. The first-order chi connectivity index (χ1) is 13.5. The summed E-state index contributed by atoms with van der Waals surface area (Å²) in [6.07, 6.45) is 0.749. The molecule has 2 rings (SSSR count).